The van der Waals surface area contributed by atoms with Crippen LogP contribution in [0.25, 0.3) is 0 Å². The van der Waals surface area contributed by atoms with Crippen LogP contribution in [-0.4, -0.2) is 12.0 Å². The van der Waals surface area contributed by atoms with Crippen molar-refractivity contribution in [3.05, 3.63) is 82.6 Å². The number of thiophene rings is 1. The third-order valence-corrected chi connectivity index (χ3v) is 5.01. The average Bonchev–Trinajstić information content (AvgIpc) is 3.29. The zero-order valence-electron chi connectivity index (χ0n) is 13.1. The van der Waals surface area contributed by atoms with Gasteiger partial charge in [-0.25, -0.2) is 0 Å². The minimum atomic E-state index is -0.456. The Bertz CT molecular complexity index is 805. The maximum atomic E-state index is 13.1. The van der Waals surface area contributed by atoms with Crippen molar-refractivity contribution in [2.24, 2.45) is 0 Å². The fourth-order valence-electron chi connectivity index (χ4n) is 2.96. The minimum absolute atomic E-state index is 0.00537. The lowest BCUT2D eigenvalue weighted by Gasteiger charge is -2.25. The second-order valence-corrected chi connectivity index (χ2v) is 6.79. The zero-order chi connectivity index (χ0) is 16.4. The molecule has 1 amide bonds. The molecule has 0 radical (unpaired) electrons. The van der Waals surface area contributed by atoms with Gasteiger partial charge in [0.1, 0.15) is 5.75 Å². The topological polar surface area (TPSA) is 29.5 Å². The SMILES string of the molecule is O=C(C1Cc2ccccc2O1)N(Cc1cccs1)c1ccccc1. The van der Waals surface area contributed by atoms with Crippen LogP contribution in [0.1, 0.15) is 10.4 Å². The van der Waals surface area contributed by atoms with Crippen molar-refractivity contribution in [2.45, 2.75) is 19.1 Å². The fraction of sp³-hybridized carbons (Fsp3) is 0.150. The van der Waals surface area contributed by atoms with Gasteiger partial charge >= 0.3 is 0 Å². The summed E-state index contributed by atoms with van der Waals surface area (Å²) >= 11 is 1.66. The maximum Gasteiger partial charge on any atom is 0.268 e. The lowest BCUT2D eigenvalue weighted by molar-refractivity contribution is -0.124. The summed E-state index contributed by atoms with van der Waals surface area (Å²) < 4.78 is 5.90. The Hall–Kier alpha value is -2.59. The summed E-state index contributed by atoms with van der Waals surface area (Å²) in [4.78, 5) is 16.1. The molecule has 0 N–H and O–H groups in total. The lowest BCUT2D eigenvalue weighted by atomic mass is 10.1. The van der Waals surface area contributed by atoms with E-state index in [0.29, 0.717) is 13.0 Å². The molecule has 1 aliphatic rings. The molecule has 24 heavy (non-hydrogen) atoms. The number of hydrogen-bond donors (Lipinski definition) is 0. The molecular formula is C20H17NO2S. The molecule has 0 aliphatic carbocycles. The van der Waals surface area contributed by atoms with Crippen LogP contribution >= 0.6 is 11.3 Å². The predicted molar refractivity (Wildman–Crippen MR) is 96.5 cm³/mol. The van der Waals surface area contributed by atoms with Gasteiger partial charge in [0, 0.05) is 17.0 Å². The van der Waals surface area contributed by atoms with Crippen molar-refractivity contribution in [1.82, 2.24) is 0 Å². The van der Waals surface area contributed by atoms with E-state index in [1.807, 2.05) is 70.9 Å². The molecule has 1 aliphatic heterocycles. The molecule has 0 spiro atoms. The highest BCUT2D eigenvalue weighted by molar-refractivity contribution is 7.09. The largest absolute Gasteiger partial charge is 0.480 e. The summed E-state index contributed by atoms with van der Waals surface area (Å²) in [5.41, 5.74) is 2.00. The summed E-state index contributed by atoms with van der Waals surface area (Å²) in [5, 5.41) is 2.03. The van der Waals surface area contributed by atoms with Crippen molar-refractivity contribution in [1.29, 1.82) is 0 Å². The molecule has 2 aromatic carbocycles. The number of ether oxygens (including phenoxy) is 1. The van der Waals surface area contributed by atoms with E-state index >= 15 is 0 Å². The summed E-state index contributed by atoms with van der Waals surface area (Å²) in [5.74, 6) is 0.825. The molecule has 0 saturated carbocycles. The molecule has 2 heterocycles. The van der Waals surface area contributed by atoms with Gasteiger partial charge in [0.25, 0.3) is 5.91 Å². The Kier molecular flexibility index (Phi) is 4.05. The first-order valence-electron chi connectivity index (χ1n) is 7.94. The summed E-state index contributed by atoms with van der Waals surface area (Å²) in [7, 11) is 0. The number of anilines is 1. The first kappa shape index (κ1) is 15.0. The van der Waals surface area contributed by atoms with Crippen LogP contribution in [0.5, 0.6) is 5.75 Å². The number of rotatable bonds is 4. The van der Waals surface area contributed by atoms with E-state index in [2.05, 4.69) is 6.07 Å². The Morgan fingerprint density at radius 1 is 1.04 bits per heavy atom. The maximum absolute atomic E-state index is 13.1. The van der Waals surface area contributed by atoms with E-state index in [-0.39, 0.29) is 5.91 Å². The van der Waals surface area contributed by atoms with Crippen molar-refractivity contribution in [2.75, 3.05) is 4.90 Å². The van der Waals surface area contributed by atoms with Crippen LogP contribution < -0.4 is 9.64 Å². The highest BCUT2D eigenvalue weighted by Gasteiger charge is 2.33. The van der Waals surface area contributed by atoms with E-state index in [1.54, 1.807) is 11.3 Å². The van der Waals surface area contributed by atoms with E-state index in [4.69, 9.17) is 4.74 Å². The Morgan fingerprint density at radius 3 is 2.58 bits per heavy atom. The molecule has 0 fully saturated rings. The summed E-state index contributed by atoms with van der Waals surface area (Å²) in [6.07, 6.45) is 0.172. The fourth-order valence-corrected chi connectivity index (χ4v) is 3.65. The van der Waals surface area contributed by atoms with Gasteiger partial charge in [-0.1, -0.05) is 42.5 Å². The standard InChI is InChI=1S/C20H17NO2S/c22-20(19-13-15-7-4-5-11-18(15)23-19)21(14-17-10-6-12-24-17)16-8-2-1-3-9-16/h1-12,19H,13-14H2. The zero-order valence-corrected chi connectivity index (χ0v) is 13.9. The first-order chi connectivity index (χ1) is 11.8. The predicted octanol–water partition coefficient (Wildman–Crippen LogP) is 4.29. The van der Waals surface area contributed by atoms with Gasteiger partial charge in [-0.15, -0.1) is 11.3 Å². The smallest absolute Gasteiger partial charge is 0.268 e. The number of nitrogens with zero attached hydrogens (tertiary/aromatic N) is 1. The monoisotopic (exact) mass is 335 g/mol. The Balaban J connectivity index is 1.60. The molecule has 3 aromatic rings. The average molecular weight is 335 g/mol. The molecule has 0 saturated heterocycles. The minimum Gasteiger partial charge on any atom is -0.480 e. The highest BCUT2D eigenvalue weighted by Crippen LogP contribution is 2.30. The van der Waals surface area contributed by atoms with Gasteiger partial charge < -0.3 is 9.64 Å². The molecule has 3 nitrogen and oxygen atoms in total. The molecule has 1 aromatic heterocycles. The molecule has 120 valence electrons. The van der Waals surface area contributed by atoms with Crippen LogP contribution in [0.3, 0.4) is 0 Å². The first-order valence-corrected chi connectivity index (χ1v) is 8.82. The lowest BCUT2D eigenvalue weighted by Crippen LogP contribution is -2.41. The summed E-state index contributed by atoms with van der Waals surface area (Å²) in [6, 6.07) is 21.7. The van der Waals surface area contributed by atoms with E-state index in [1.165, 1.54) is 0 Å². The molecule has 1 atom stereocenters. The number of para-hydroxylation sites is 2. The van der Waals surface area contributed by atoms with E-state index in [0.717, 1.165) is 21.9 Å². The van der Waals surface area contributed by atoms with Crippen molar-refractivity contribution >= 4 is 22.9 Å². The molecule has 0 bridgehead atoms. The quantitative estimate of drug-likeness (QED) is 0.712. The van der Waals surface area contributed by atoms with Crippen LogP contribution in [0, 0.1) is 0 Å². The van der Waals surface area contributed by atoms with Crippen LogP contribution in [0.15, 0.2) is 72.1 Å². The van der Waals surface area contributed by atoms with E-state index in [9.17, 15) is 4.79 Å². The van der Waals surface area contributed by atoms with Crippen LogP contribution in [0.4, 0.5) is 5.69 Å². The number of fused-ring (bicyclic) bond motifs is 1. The number of hydrogen-bond acceptors (Lipinski definition) is 3. The number of carbonyl (C=O) groups is 1. The van der Waals surface area contributed by atoms with E-state index < -0.39 is 6.10 Å². The van der Waals surface area contributed by atoms with Gasteiger partial charge in [0.15, 0.2) is 6.10 Å². The number of benzene rings is 2. The van der Waals surface area contributed by atoms with Gasteiger partial charge in [-0.05, 0) is 35.2 Å². The molecule has 4 rings (SSSR count). The number of amides is 1. The molecule has 4 heteroatoms. The van der Waals surface area contributed by atoms with Gasteiger partial charge in [0.2, 0.25) is 0 Å². The van der Waals surface area contributed by atoms with Crippen LogP contribution in [0.2, 0.25) is 0 Å². The summed E-state index contributed by atoms with van der Waals surface area (Å²) in [6.45, 7) is 0.566. The van der Waals surface area contributed by atoms with Crippen molar-refractivity contribution < 1.29 is 9.53 Å². The van der Waals surface area contributed by atoms with Crippen molar-refractivity contribution in [3.8, 4) is 5.75 Å². The van der Waals surface area contributed by atoms with Crippen molar-refractivity contribution in [3.63, 3.8) is 0 Å². The van der Waals surface area contributed by atoms with Gasteiger partial charge in [0.05, 0.1) is 6.54 Å². The number of carbonyl (C=O) groups excluding carboxylic acids is 1. The second-order valence-electron chi connectivity index (χ2n) is 5.76. The van der Waals surface area contributed by atoms with Gasteiger partial charge in [-0.3, -0.25) is 4.79 Å². The third-order valence-electron chi connectivity index (χ3n) is 4.15. The Morgan fingerprint density at radius 2 is 1.83 bits per heavy atom. The normalized spacial score (nSPS) is 15.6. The Labute approximate surface area is 145 Å². The third kappa shape index (κ3) is 2.93. The van der Waals surface area contributed by atoms with Crippen LogP contribution in [-0.2, 0) is 17.8 Å². The highest BCUT2D eigenvalue weighted by atomic mass is 32.1. The second kappa shape index (κ2) is 6.49. The van der Waals surface area contributed by atoms with Gasteiger partial charge in [-0.2, -0.15) is 0 Å². The molecule has 1 unspecified atom stereocenters. The molecular weight excluding hydrogens is 318 g/mol.